The Bertz CT molecular complexity index is 576. The average molecular weight is 346 g/mol. The second-order valence-electron chi connectivity index (χ2n) is 5.43. The van der Waals surface area contributed by atoms with Crippen LogP contribution in [-0.2, 0) is 15.8 Å². The third-order valence-electron chi connectivity index (χ3n) is 3.68. The lowest BCUT2D eigenvalue weighted by atomic mass is 10.2. The van der Waals surface area contributed by atoms with Crippen LogP contribution >= 0.6 is 0 Å². The molecule has 134 valence electrons. The normalized spacial score (nSPS) is 13.9. The Morgan fingerprint density at radius 2 is 1.92 bits per heavy atom. The quantitative estimate of drug-likeness (QED) is 0.692. The van der Waals surface area contributed by atoms with Gasteiger partial charge in [0.05, 0.1) is 12.1 Å². The summed E-state index contributed by atoms with van der Waals surface area (Å²) in [5.41, 5.74) is -0.745. The Morgan fingerprint density at radius 1 is 1.25 bits per heavy atom. The van der Waals surface area contributed by atoms with Gasteiger partial charge >= 0.3 is 6.18 Å². The smallest absolute Gasteiger partial charge is 0.351 e. The topological polar surface area (TPSA) is 62.6 Å². The Kier molecular flexibility index (Phi) is 7.21. The van der Waals surface area contributed by atoms with Crippen molar-refractivity contribution in [1.82, 2.24) is 5.32 Å². The van der Waals surface area contributed by atoms with Crippen molar-refractivity contribution in [2.24, 2.45) is 0 Å². The van der Waals surface area contributed by atoms with E-state index in [9.17, 15) is 22.8 Å². The lowest BCUT2D eigenvalue weighted by Gasteiger charge is -2.23. The summed E-state index contributed by atoms with van der Waals surface area (Å²) in [5, 5.41) is 5.14. The molecular formula is C16H23F3N3O2+. The number of halogens is 3. The summed E-state index contributed by atoms with van der Waals surface area (Å²) in [7, 11) is 0. The van der Waals surface area contributed by atoms with Crippen molar-refractivity contribution < 1.29 is 27.7 Å². The summed E-state index contributed by atoms with van der Waals surface area (Å²) in [5.74, 6) is -0.608. The number of amides is 2. The number of rotatable bonds is 7. The van der Waals surface area contributed by atoms with Gasteiger partial charge in [0.1, 0.15) is 0 Å². The van der Waals surface area contributed by atoms with Gasteiger partial charge in [0.25, 0.3) is 11.8 Å². The molecule has 8 heteroatoms. The van der Waals surface area contributed by atoms with Crippen molar-refractivity contribution in [3.05, 3.63) is 29.8 Å². The predicted molar refractivity (Wildman–Crippen MR) is 84.6 cm³/mol. The number of quaternary nitrogens is 1. The highest BCUT2D eigenvalue weighted by molar-refractivity contribution is 5.93. The number of likely N-dealkylation sites (N-methyl/N-ethyl adjacent to an activating group) is 2. The monoisotopic (exact) mass is 346 g/mol. The summed E-state index contributed by atoms with van der Waals surface area (Å²) >= 11 is 0. The highest BCUT2D eigenvalue weighted by atomic mass is 19.4. The van der Waals surface area contributed by atoms with Gasteiger partial charge in [-0.3, -0.25) is 9.59 Å². The summed E-state index contributed by atoms with van der Waals surface area (Å²) in [4.78, 5) is 24.7. The minimum absolute atomic E-state index is 0.0788. The first kappa shape index (κ1) is 20.0. The van der Waals surface area contributed by atoms with Crippen molar-refractivity contribution in [3.63, 3.8) is 0 Å². The third kappa shape index (κ3) is 5.84. The zero-order chi connectivity index (χ0) is 18.3. The van der Waals surface area contributed by atoms with Crippen LogP contribution in [0.2, 0.25) is 0 Å². The second kappa shape index (κ2) is 8.68. The molecular weight excluding hydrogens is 323 g/mol. The number of alkyl halides is 3. The van der Waals surface area contributed by atoms with Gasteiger partial charge in [-0.25, -0.2) is 0 Å². The Balaban J connectivity index is 2.77. The Labute approximate surface area is 139 Å². The van der Waals surface area contributed by atoms with Gasteiger partial charge in [-0.2, -0.15) is 13.2 Å². The zero-order valence-corrected chi connectivity index (χ0v) is 14.0. The van der Waals surface area contributed by atoms with Crippen molar-refractivity contribution in [3.8, 4) is 0 Å². The van der Waals surface area contributed by atoms with Gasteiger partial charge in [0.15, 0.2) is 12.6 Å². The van der Waals surface area contributed by atoms with Crippen molar-refractivity contribution in [2.45, 2.75) is 33.0 Å². The molecule has 0 spiro atoms. The molecule has 24 heavy (non-hydrogen) atoms. The molecule has 0 saturated heterocycles. The molecule has 0 aliphatic rings. The molecule has 0 fully saturated rings. The van der Waals surface area contributed by atoms with Gasteiger partial charge in [0, 0.05) is 12.2 Å². The summed E-state index contributed by atoms with van der Waals surface area (Å²) in [6, 6.07) is 3.89. The van der Waals surface area contributed by atoms with Gasteiger partial charge in [-0.05, 0) is 39.0 Å². The minimum atomic E-state index is -4.47. The number of anilines is 1. The van der Waals surface area contributed by atoms with E-state index in [0.717, 1.165) is 17.0 Å². The largest absolute Gasteiger partial charge is 0.416 e. The lowest BCUT2D eigenvalue weighted by Crippen LogP contribution is -3.17. The summed E-state index contributed by atoms with van der Waals surface area (Å²) in [6.45, 7) is 6.44. The van der Waals surface area contributed by atoms with E-state index >= 15 is 0 Å². The second-order valence-corrected chi connectivity index (χ2v) is 5.43. The van der Waals surface area contributed by atoms with E-state index in [1.54, 1.807) is 13.8 Å². The average Bonchev–Trinajstić information content (AvgIpc) is 2.51. The molecule has 2 atom stereocenters. The van der Waals surface area contributed by atoms with Gasteiger partial charge in [-0.1, -0.05) is 6.07 Å². The standard InChI is InChI=1S/C16H22F3N3O2/c1-4-20-14(23)10-22(5-2)11(3)15(24)21-13-8-6-7-12(9-13)16(17,18)19/h6-9,11H,4-5,10H2,1-3H3,(H,20,23)(H,21,24)/p+1/t11-/m0/s1. The van der Waals surface area contributed by atoms with Gasteiger partial charge < -0.3 is 15.5 Å². The zero-order valence-electron chi connectivity index (χ0n) is 14.0. The van der Waals surface area contributed by atoms with Crippen LogP contribution in [0.3, 0.4) is 0 Å². The molecule has 5 nitrogen and oxygen atoms in total. The molecule has 0 aromatic heterocycles. The molecule has 2 amide bonds. The van der Waals surface area contributed by atoms with E-state index in [2.05, 4.69) is 10.6 Å². The SMILES string of the molecule is CCNC(=O)C[NH+](CC)[C@@H](C)C(=O)Nc1cccc(C(F)(F)F)c1. The lowest BCUT2D eigenvalue weighted by molar-refractivity contribution is -0.904. The maximum absolute atomic E-state index is 12.7. The summed E-state index contributed by atoms with van der Waals surface area (Å²) in [6.07, 6.45) is -4.47. The van der Waals surface area contributed by atoms with Crippen LogP contribution in [0.5, 0.6) is 0 Å². The van der Waals surface area contributed by atoms with E-state index in [1.807, 2.05) is 6.92 Å². The fraction of sp³-hybridized carbons (Fsp3) is 0.500. The van der Waals surface area contributed by atoms with E-state index in [4.69, 9.17) is 0 Å². The van der Waals surface area contributed by atoms with Crippen molar-refractivity contribution in [1.29, 1.82) is 0 Å². The number of nitrogens with one attached hydrogen (secondary N) is 3. The first-order chi connectivity index (χ1) is 11.2. The molecule has 0 aliphatic heterocycles. The molecule has 1 aromatic carbocycles. The van der Waals surface area contributed by atoms with Crippen molar-refractivity contribution in [2.75, 3.05) is 25.0 Å². The first-order valence-corrected chi connectivity index (χ1v) is 7.78. The molecule has 1 aromatic rings. The van der Waals surface area contributed by atoms with Gasteiger partial charge in [0.2, 0.25) is 0 Å². The first-order valence-electron chi connectivity index (χ1n) is 7.78. The molecule has 0 heterocycles. The van der Waals surface area contributed by atoms with Gasteiger partial charge in [-0.15, -0.1) is 0 Å². The van der Waals surface area contributed by atoms with Crippen LogP contribution in [0.4, 0.5) is 18.9 Å². The number of carbonyl (C=O) groups excluding carboxylic acids is 2. The molecule has 0 bridgehead atoms. The molecule has 1 unspecified atom stereocenters. The van der Waals surface area contributed by atoms with Crippen LogP contribution in [0.1, 0.15) is 26.3 Å². The fourth-order valence-corrected chi connectivity index (χ4v) is 2.26. The fourth-order valence-electron chi connectivity index (χ4n) is 2.26. The molecule has 0 aliphatic carbocycles. The number of hydrogen-bond acceptors (Lipinski definition) is 2. The highest BCUT2D eigenvalue weighted by Crippen LogP contribution is 2.30. The predicted octanol–water partition coefficient (Wildman–Crippen LogP) is 1.07. The van der Waals surface area contributed by atoms with Crippen LogP contribution in [0, 0.1) is 0 Å². The van der Waals surface area contributed by atoms with Crippen LogP contribution in [0.15, 0.2) is 24.3 Å². The van der Waals surface area contributed by atoms with E-state index in [0.29, 0.717) is 13.1 Å². The molecule has 1 rings (SSSR count). The van der Waals surface area contributed by atoms with E-state index in [1.165, 1.54) is 12.1 Å². The van der Waals surface area contributed by atoms with Crippen molar-refractivity contribution >= 4 is 17.5 Å². The number of hydrogen-bond donors (Lipinski definition) is 3. The molecule has 0 radical (unpaired) electrons. The molecule has 0 saturated carbocycles. The van der Waals surface area contributed by atoms with Crippen LogP contribution in [0.25, 0.3) is 0 Å². The maximum Gasteiger partial charge on any atom is 0.416 e. The summed E-state index contributed by atoms with van der Waals surface area (Å²) < 4.78 is 38.1. The minimum Gasteiger partial charge on any atom is -0.351 e. The van der Waals surface area contributed by atoms with Crippen LogP contribution in [-0.4, -0.2) is 37.5 Å². The number of carbonyl (C=O) groups is 2. The Hall–Kier alpha value is -2.09. The number of benzene rings is 1. The van der Waals surface area contributed by atoms with E-state index in [-0.39, 0.29) is 18.1 Å². The third-order valence-corrected chi connectivity index (χ3v) is 3.68. The Morgan fingerprint density at radius 3 is 2.46 bits per heavy atom. The maximum atomic E-state index is 12.7. The van der Waals surface area contributed by atoms with Crippen LogP contribution < -0.4 is 15.5 Å². The van der Waals surface area contributed by atoms with E-state index < -0.39 is 23.7 Å². The highest BCUT2D eigenvalue weighted by Gasteiger charge is 2.31. The molecule has 3 N–H and O–H groups in total.